The van der Waals surface area contributed by atoms with Gasteiger partial charge < -0.3 is 5.11 Å². The van der Waals surface area contributed by atoms with Gasteiger partial charge in [0.2, 0.25) is 0 Å². The predicted octanol–water partition coefficient (Wildman–Crippen LogP) is 6.92. The number of aliphatic hydroxyl groups excluding tert-OH is 1. The number of aliphatic hydroxyl groups is 1. The summed E-state index contributed by atoms with van der Waals surface area (Å²) in [6.45, 7) is 11.7. The van der Waals surface area contributed by atoms with Gasteiger partial charge in [0.15, 0.2) is 0 Å². The molecule has 4 rings (SSSR count). The van der Waals surface area contributed by atoms with Crippen LogP contribution >= 0.6 is 0 Å². The Bertz CT molecular complexity index is 591. The first-order chi connectivity index (χ1) is 12.9. The lowest BCUT2D eigenvalue weighted by molar-refractivity contribution is -0.0572. The second-order valence-electron chi connectivity index (χ2n) is 11.1. The predicted molar refractivity (Wildman–Crippen MR) is 114 cm³/mol. The summed E-state index contributed by atoms with van der Waals surface area (Å²) in [5.41, 5.74) is 2.57. The molecule has 0 aromatic rings. The lowest BCUT2D eigenvalue weighted by Crippen LogP contribution is -2.50. The Kier molecular flexibility index (Phi) is 5.38. The Morgan fingerprint density at radius 1 is 1.19 bits per heavy atom. The van der Waals surface area contributed by atoms with Gasteiger partial charge in [-0.25, -0.2) is 0 Å². The Balaban J connectivity index is 1.53. The molecular weight excluding hydrogens is 328 g/mol. The highest BCUT2D eigenvalue weighted by atomic mass is 16.3. The monoisotopic (exact) mass is 370 g/mol. The van der Waals surface area contributed by atoms with Crippen molar-refractivity contribution in [2.24, 2.45) is 40.4 Å². The van der Waals surface area contributed by atoms with Gasteiger partial charge in [0.1, 0.15) is 0 Å². The van der Waals surface area contributed by atoms with E-state index in [4.69, 9.17) is 0 Å². The van der Waals surface area contributed by atoms with Crippen molar-refractivity contribution in [1.82, 2.24) is 0 Å². The van der Waals surface area contributed by atoms with Crippen LogP contribution in [0.5, 0.6) is 0 Å². The Hall–Kier alpha value is -0.560. The molecule has 0 radical (unpaired) electrons. The maximum absolute atomic E-state index is 10.2. The molecule has 3 fully saturated rings. The third-order valence-electron chi connectivity index (χ3n) is 9.91. The number of allylic oxidation sites excluding steroid dienone is 2. The van der Waals surface area contributed by atoms with Gasteiger partial charge in [-0.1, -0.05) is 44.9 Å². The second-order valence-corrected chi connectivity index (χ2v) is 11.1. The number of unbranched alkanes of at least 4 members (excludes halogenated alkanes) is 1. The van der Waals surface area contributed by atoms with Crippen LogP contribution in [0, 0.1) is 40.4 Å². The fourth-order valence-corrected chi connectivity index (χ4v) is 8.40. The van der Waals surface area contributed by atoms with Crippen molar-refractivity contribution in [2.45, 2.75) is 97.5 Å². The summed E-state index contributed by atoms with van der Waals surface area (Å²) in [7, 11) is 0. The standard InChI is InChI=1S/C26H42O/c1-5-6-7-8-18(2)22-11-12-23-21-10-9-19-17-20(27)13-15-25(19,3)24(21)14-16-26(22,23)4/h5,9,18,20-24,27H,1,6-8,10-17H2,2-4H3/t18-,20+,21+,22-,23+,24+,25+,26-/m1/s1. The highest BCUT2D eigenvalue weighted by Gasteiger charge is 2.58. The van der Waals surface area contributed by atoms with Gasteiger partial charge in [-0.05, 0) is 105 Å². The average molecular weight is 371 g/mol. The summed E-state index contributed by atoms with van der Waals surface area (Å²) in [6, 6.07) is 0. The zero-order valence-electron chi connectivity index (χ0n) is 18.1. The highest BCUT2D eigenvalue weighted by molar-refractivity contribution is 5.25. The van der Waals surface area contributed by atoms with Crippen molar-refractivity contribution in [1.29, 1.82) is 0 Å². The normalized spacial score (nSPS) is 47.4. The lowest BCUT2D eigenvalue weighted by Gasteiger charge is -2.58. The van der Waals surface area contributed by atoms with E-state index in [2.05, 4.69) is 39.5 Å². The molecule has 0 saturated heterocycles. The van der Waals surface area contributed by atoms with E-state index in [-0.39, 0.29) is 6.10 Å². The molecule has 0 aromatic heterocycles. The van der Waals surface area contributed by atoms with Crippen LogP contribution in [0.2, 0.25) is 0 Å². The topological polar surface area (TPSA) is 20.2 Å². The molecule has 27 heavy (non-hydrogen) atoms. The third-order valence-corrected chi connectivity index (χ3v) is 9.91. The minimum Gasteiger partial charge on any atom is -0.393 e. The maximum atomic E-state index is 10.2. The molecule has 8 atom stereocenters. The summed E-state index contributed by atoms with van der Waals surface area (Å²) in [6.07, 6.45) is 18.7. The fourth-order valence-electron chi connectivity index (χ4n) is 8.40. The Morgan fingerprint density at radius 2 is 2.00 bits per heavy atom. The van der Waals surface area contributed by atoms with E-state index in [0.29, 0.717) is 10.8 Å². The van der Waals surface area contributed by atoms with Crippen LogP contribution in [-0.4, -0.2) is 11.2 Å². The summed E-state index contributed by atoms with van der Waals surface area (Å²) >= 11 is 0. The van der Waals surface area contributed by atoms with E-state index in [1.807, 2.05) is 0 Å². The molecule has 1 N–H and O–H groups in total. The van der Waals surface area contributed by atoms with Crippen molar-refractivity contribution in [3.8, 4) is 0 Å². The minimum atomic E-state index is -0.0815. The largest absolute Gasteiger partial charge is 0.393 e. The number of rotatable bonds is 5. The highest BCUT2D eigenvalue weighted by Crippen LogP contribution is 2.67. The van der Waals surface area contributed by atoms with Gasteiger partial charge >= 0.3 is 0 Å². The quantitative estimate of drug-likeness (QED) is 0.411. The van der Waals surface area contributed by atoms with Crippen LogP contribution < -0.4 is 0 Å². The first kappa shape index (κ1) is 19.7. The second kappa shape index (κ2) is 7.36. The van der Waals surface area contributed by atoms with Crippen molar-refractivity contribution in [3.05, 3.63) is 24.3 Å². The molecule has 0 aromatic carbocycles. The van der Waals surface area contributed by atoms with Gasteiger partial charge in [0, 0.05) is 0 Å². The maximum Gasteiger partial charge on any atom is 0.0577 e. The lowest BCUT2D eigenvalue weighted by atomic mass is 9.47. The number of hydrogen-bond acceptors (Lipinski definition) is 1. The molecule has 0 amide bonds. The van der Waals surface area contributed by atoms with Crippen LogP contribution in [0.3, 0.4) is 0 Å². The van der Waals surface area contributed by atoms with Crippen molar-refractivity contribution in [3.63, 3.8) is 0 Å². The molecule has 0 aliphatic heterocycles. The zero-order chi connectivity index (χ0) is 19.2. The molecule has 4 aliphatic carbocycles. The SMILES string of the molecule is C=CCCC[C@@H](C)[C@H]1CC[C@H]2[C@@H]3CC=C4C[C@@H](O)CC[C@]4(C)[C@H]3CC[C@]12C. The van der Waals surface area contributed by atoms with E-state index in [9.17, 15) is 5.11 Å². The number of hydrogen-bond donors (Lipinski definition) is 1. The van der Waals surface area contributed by atoms with Gasteiger partial charge in [0.25, 0.3) is 0 Å². The smallest absolute Gasteiger partial charge is 0.0577 e. The minimum absolute atomic E-state index is 0.0815. The molecule has 0 heterocycles. The van der Waals surface area contributed by atoms with Crippen LogP contribution in [0.25, 0.3) is 0 Å². The first-order valence-corrected chi connectivity index (χ1v) is 11.9. The van der Waals surface area contributed by atoms with Crippen LogP contribution in [0.15, 0.2) is 24.3 Å². The molecule has 0 bridgehead atoms. The molecule has 1 heteroatoms. The van der Waals surface area contributed by atoms with Crippen molar-refractivity contribution < 1.29 is 5.11 Å². The molecule has 152 valence electrons. The van der Waals surface area contributed by atoms with Gasteiger partial charge in [-0.3, -0.25) is 0 Å². The molecule has 0 spiro atoms. The molecule has 3 saturated carbocycles. The summed E-state index contributed by atoms with van der Waals surface area (Å²) < 4.78 is 0. The first-order valence-electron chi connectivity index (χ1n) is 11.9. The van der Waals surface area contributed by atoms with Crippen LogP contribution in [0.1, 0.15) is 91.4 Å². The van der Waals surface area contributed by atoms with Crippen molar-refractivity contribution >= 4 is 0 Å². The molecule has 1 nitrogen and oxygen atoms in total. The number of fused-ring (bicyclic) bond motifs is 5. The summed E-state index contributed by atoms with van der Waals surface area (Å²) in [5.74, 6) is 4.51. The average Bonchev–Trinajstić information content (AvgIpc) is 3.00. The zero-order valence-corrected chi connectivity index (χ0v) is 18.1. The van der Waals surface area contributed by atoms with E-state index in [0.717, 1.165) is 42.4 Å². The Labute approximate surface area is 167 Å². The van der Waals surface area contributed by atoms with Gasteiger partial charge in [-0.2, -0.15) is 0 Å². The van der Waals surface area contributed by atoms with Crippen LogP contribution in [-0.2, 0) is 0 Å². The summed E-state index contributed by atoms with van der Waals surface area (Å²) in [4.78, 5) is 0. The third kappa shape index (κ3) is 3.17. The van der Waals surface area contributed by atoms with E-state index in [1.165, 1.54) is 57.8 Å². The Morgan fingerprint density at radius 3 is 2.78 bits per heavy atom. The van der Waals surface area contributed by atoms with Crippen molar-refractivity contribution in [2.75, 3.05) is 0 Å². The van der Waals surface area contributed by atoms with E-state index in [1.54, 1.807) is 5.57 Å². The van der Waals surface area contributed by atoms with Crippen LogP contribution in [0.4, 0.5) is 0 Å². The summed E-state index contributed by atoms with van der Waals surface area (Å²) in [5, 5.41) is 10.2. The fraction of sp³-hybridized carbons (Fsp3) is 0.846. The molecular formula is C26H42O. The van der Waals surface area contributed by atoms with E-state index < -0.39 is 0 Å². The van der Waals surface area contributed by atoms with Gasteiger partial charge in [0.05, 0.1) is 6.10 Å². The van der Waals surface area contributed by atoms with Gasteiger partial charge in [-0.15, -0.1) is 6.58 Å². The molecule has 0 unspecified atom stereocenters. The molecule has 4 aliphatic rings. The van der Waals surface area contributed by atoms with E-state index >= 15 is 0 Å².